The largest absolute Gasteiger partial charge is 0.493 e. The Morgan fingerprint density at radius 2 is 1.74 bits per heavy atom. The fourth-order valence-electron chi connectivity index (χ4n) is 2.42. The van der Waals surface area contributed by atoms with E-state index in [0.717, 1.165) is 12.0 Å². The lowest BCUT2D eigenvalue weighted by Gasteiger charge is -2.26. The van der Waals surface area contributed by atoms with Crippen LogP contribution in [0, 0.1) is 0 Å². The molecule has 0 saturated carbocycles. The average molecular weight is 268 g/mol. The van der Waals surface area contributed by atoms with E-state index >= 15 is 0 Å². The van der Waals surface area contributed by atoms with E-state index in [9.17, 15) is 5.11 Å². The number of aliphatic hydroxyl groups excluding tert-OH is 1. The van der Waals surface area contributed by atoms with Gasteiger partial charge in [-0.2, -0.15) is 0 Å². The predicted octanol–water partition coefficient (Wildman–Crippen LogP) is 2.06. The van der Waals surface area contributed by atoms with Crippen LogP contribution >= 0.6 is 0 Å². The molecule has 1 aromatic rings. The van der Waals surface area contributed by atoms with E-state index in [4.69, 9.17) is 18.9 Å². The van der Waals surface area contributed by atoms with Crippen molar-refractivity contribution in [2.45, 2.75) is 31.7 Å². The molecule has 1 saturated heterocycles. The molecule has 0 aromatic heterocycles. The Morgan fingerprint density at radius 3 is 2.11 bits per heavy atom. The molecule has 1 aliphatic rings. The Hall–Kier alpha value is -1.46. The van der Waals surface area contributed by atoms with Crippen LogP contribution in [0.3, 0.4) is 0 Å². The first-order valence-electron chi connectivity index (χ1n) is 6.20. The van der Waals surface area contributed by atoms with Gasteiger partial charge in [0.2, 0.25) is 5.75 Å². The van der Waals surface area contributed by atoms with Crippen LogP contribution < -0.4 is 14.2 Å². The van der Waals surface area contributed by atoms with E-state index in [-0.39, 0.29) is 0 Å². The van der Waals surface area contributed by atoms with Crippen molar-refractivity contribution in [1.29, 1.82) is 0 Å². The van der Waals surface area contributed by atoms with E-state index < -0.39 is 11.9 Å². The minimum absolute atomic E-state index is 0.535. The van der Waals surface area contributed by atoms with E-state index in [1.54, 1.807) is 21.3 Å². The number of aliphatic hydroxyl groups is 1. The fraction of sp³-hybridized carbons (Fsp3) is 0.571. The highest BCUT2D eigenvalue weighted by molar-refractivity contribution is 5.55. The number of benzene rings is 1. The second kappa shape index (κ2) is 5.27. The topological polar surface area (TPSA) is 57.2 Å². The normalized spacial score (nSPS) is 26.3. The maximum atomic E-state index is 9.57. The third-order valence-electron chi connectivity index (χ3n) is 3.54. The minimum atomic E-state index is -0.718. The van der Waals surface area contributed by atoms with Gasteiger partial charge in [0.25, 0.3) is 0 Å². The predicted molar refractivity (Wildman–Crippen MR) is 69.8 cm³/mol. The van der Waals surface area contributed by atoms with Crippen LogP contribution in [-0.4, -0.2) is 32.7 Å². The number of hydrogen-bond acceptors (Lipinski definition) is 5. The monoisotopic (exact) mass is 268 g/mol. The third kappa shape index (κ3) is 2.48. The molecule has 1 aromatic carbocycles. The van der Waals surface area contributed by atoms with Gasteiger partial charge < -0.3 is 24.1 Å². The van der Waals surface area contributed by atoms with Gasteiger partial charge >= 0.3 is 0 Å². The summed E-state index contributed by atoms with van der Waals surface area (Å²) in [5.41, 5.74) is 0.366. The zero-order chi connectivity index (χ0) is 14.0. The fourth-order valence-corrected chi connectivity index (χ4v) is 2.42. The van der Waals surface area contributed by atoms with Gasteiger partial charge in [0, 0.05) is 6.42 Å². The Morgan fingerprint density at radius 1 is 1.16 bits per heavy atom. The summed E-state index contributed by atoms with van der Waals surface area (Å²) < 4.78 is 21.6. The van der Waals surface area contributed by atoms with Gasteiger partial charge in [-0.15, -0.1) is 0 Å². The van der Waals surface area contributed by atoms with Crippen LogP contribution in [0.25, 0.3) is 0 Å². The summed E-state index contributed by atoms with van der Waals surface area (Å²) in [6.45, 7) is 1.95. The average Bonchev–Trinajstić information content (AvgIpc) is 2.77. The second-order valence-electron chi connectivity index (χ2n) is 4.76. The van der Waals surface area contributed by atoms with E-state index in [0.29, 0.717) is 23.7 Å². The molecule has 5 nitrogen and oxygen atoms in total. The molecule has 0 bridgehead atoms. The number of rotatable bonds is 4. The molecule has 1 N–H and O–H groups in total. The Bertz CT molecular complexity index is 434. The second-order valence-corrected chi connectivity index (χ2v) is 4.76. The lowest BCUT2D eigenvalue weighted by atomic mass is 9.92. The van der Waals surface area contributed by atoms with Crippen molar-refractivity contribution >= 4 is 0 Å². The van der Waals surface area contributed by atoms with Gasteiger partial charge in [-0.1, -0.05) is 0 Å². The maximum Gasteiger partial charge on any atom is 0.203 e. The van der Waals surface area contributed by atoms with Crippen LogP contribution in [-0.2, 0) is 10.3 Å². The van der Waals surface area contributed by atoms with Gasteiger partial charge in [0.05, 0.1) is 26.9 Å². The summed E-state index contributed by atoms with van der Waals surface area (Å²) in [4.78, 5) is 0. The summed E-state index contributed by atoms with van der Waals surface area (Å²) in [6, 6.07) is 3.72. The Kier molecular flexibility index (Phi) is 3.87. The zero-order valence-electron chi connectivity index (χ0n) is 11.7. The Labute approximate surface area is 113 Å². The number of hydrogen-bond donors (Lipinski definition) is 1. The summed E-state index contributed by atoms with van der Waals surface area (Å²) >= 11 is 0. The molecule has 2 atom stereocenters. The van der Waals surface area contributed by atoms with Crippen molar-refractivity contribution < 1.29 is 24.1 Å². The SMILES string of the molecule is COc1cc(C2(C)CCC(O)O2)cc(OC)c1OC. The van der Waals surface area contributed by atoms with Crippen molar-refractivity contribution in [3.63, 3.8) is 0 Å². The molecular weight excluding hydrogens is 248 g/mol. The Balaban J connectivity index is 2.47. The maximum absolute atomic E-state index is 9.57. The highest BCUT2D eigenvalue weighted by Crippen LogP contribution is 2.45. The van der Waals surface area contributed by atoms with Crippen LogP contribution in [0.1, 0.15) is 25.3 Å². The van der Waals surface area contributed by atoms with Crippen LogP contribution in [0.5, 0.6) is 17.2 Å². The first-order chi connectivity index (χ1) is 9.04. The van der Waals surface area contributed by atoms with Crippen molar-refractivity contribution in [2.75, 3.05) is 21.3 Å². The summed E-state index contributed by atoms with van der Waals surface area (Å²) in [5, 5.41) is 9.57. The summed E-state index contributed by atoms with van der Waals surface area (Å²) in [5.74, 6) is 1.72. The highest BCUT2D eigenvalue weighted by atomic mass is 16.6. The first-order valence-corrected chi connectivity index (χ1v) is 6.20. The van der Waals surface area contributed by atoms with Gasteiger partial charge in [-0.3, -0.25) is 0 Å². The molecule has 2 rings (SSSR count). The van der Waals surface area contributed by atoms with Crippen molar-refractivity contribution in [1.82, 2.24) is 0 Å². The van der Waals surface area contributed by atoms with E-state index in [2.05, 4.69) is 0 Å². The lowest BCUT2D eigenvalue weighted by molar-refractivity contribution is -0.133. The molecular formula is C14H20O5. The van der Waals surface area contributed by atoms with Crippen LogP contribution in [0.2, 0.25) is 0 Å². The summed E-state index contributed by atoms with van der Waals surface area (Å²) in [6.07, 6.45) is 0.643. The van der Waals surface area contributed by atoms with Gasteiger partial charge in [0.1, 0.15) is 0 Å². The third-order valence-corrected chi connectivity index (χ3v) is 3.54. The standard InChI is InChI=1S/C14H20O5/c1-14(6-5-12(15)19-14)9-7-10(16-2)13(18-4)11(8-9)17-3/h7-8,12,15H,5-6H2,1-4H3. The smallest absolute Gasteiger partial charge is 0.203 e. The summed E-state index contributed by atoms with van der Waals surface area (Å²) in [7, 11) is 4.72. The highest BCUT2D eigenvalue weighted by Gasteiger charge is 2.38. The van der Waals surface area contributed by atoms with Crippen molar-refractivity contribution in [2.24, 2.45) is 0 Å². The zero-order valence-corrected chi connectivity index (χ0v) is 11.7. The van der Waals surface area contributed by atoms with Gasteiger partial charge in [-0.05, 0) is 31.0 Å². The lowest BCUT2D eigenvalue weighted by Crippen LogP contribution is -2.22. The van der Waals surface area contributed by atoms with E-state index in [1.807, 2.05) is 19.1 Å². The molecule has 5 heteroatoms. The molecule has 2 unspecified atom stereocenters. The number of methoxy groups -OCH3 is 3. The van der Waals surface area contributed by atoms with Crippen LogP contribution in [0.15, 0.2) is 12.1 Å². The molecule has 0 aliphatic carbocycles. The number of ether oxygens (including phenoxy) is 4. The van der Waals surface area contributed by atoms with Crippen molar-refractivity contribution in [3.8, 4) is 17.2 Å². The molecule has 19 heavy (non-hydrogen) atoms. The van der Waals surface area contributed by atoms with Crippen LogP contribution in [0.4, 0.5) is 0 Å². The van der Waals surface area contributed by atoms with E-state index in [1.165, 1.54) is 0 Å². The molecule has 1 fully saturated rings. The van der Waals surface area contributed by atoms with Gasteiger partial charge in [-0.25, -0.2) is 0 Å². The minimum Gasteiger partial charge on any atom is -0.493 e. The molecule has 0 amide bonds. The quantitative estimate of drug-likeness (QED) is 0.905. The molecule has 0 radical (unpaired) electrons. The van der Waals surface area contributed by atoms with Gasteiger partial charge in [0.15, 0.2) is 17.8 Å². The molecule has 0 spiro atoms. The first kappa shape index (κ1) is 14.0. The molecule has 106 valence electrons. The molecule has 1 heterocycles. The molecule has 1 aliphatic heterocycles. The van der Waals surface area contributed by atoms with Crippen molar-refractivity contribution in [3.05, 3.63) is 17.7 Å².